The second kappa shape index (κ2) is 9.38. The molecule has 1 unspecified atom stereocenters. The Morgan fingerprint density at radius 2 is 1.97 bits per heavy atom. The maximum atomic E-state index is 15.2. The van der Waals surface area contributed by atoms with Crippen molar-refractivity contribution in [1.29, 1.82) is 0 Å². The molecule has 5 aromatic heterocycles. The number of nitrogens with one attached hydrogen (secondary N) is 3. The van der Waals surface area contributed by atoms with Crippen molar-refractivity contribution in [2.75, 3.05) is 5.32 Å². The number of aromatic amines is 2. The Morgan fingerprint density at radius 1 is 1.08 bits per heavy atom. The molecule has 6 aromatic rings. The molecule has 0 aliphatic heterocycles. The van der Waals surface area contributed by atoms with E-state index in [9.17, 15) is 5.11 Å². The molecule has 1 atom stereocenters. The predicted molar refractivity (Wildman–Crippen MR) is 145 cm³/mol. The number of fused-ring (bicyclic) bond motifs is 2. The van der Waals surface area contributed by atoms with Gasteiger partial charge in [-0.15, -0.1) is 0 Å². The first kappa shape index (κ1) is 23.3. The van der Waals surface area contributed by atoms with Crippen LogP contribution in [0.3, 0.4) is 0 Å². The number of H-pyrrole nitrogens is 2. The average Bonchev–Trinajstić information content (AvgIpc) is 3.62. The highest BCUT2D eigenvalue weighted by Crippen LogP contribution is 2.34. The van der Waals surface area contributed by atoms with Crippen LogP contribution in [-0.4, -0.2) is 41.5 Å². The van der Waals surface area contributed by atoms with Crippen LogP contribution in [0.25, 0.3) is 55.8 Å². The van der Waals surface area contributed by atoms with E-state index in [2.05, 4.69) is 30.5 Å². The summed E-state index contributed by atoms with van der Waals surface area (Å²) in [7, 11) is 0. The molecule has 0 bridgehead atoms. The van der Waals surface area contributed by atoms with Gasteiger partial charge >= 0.3 is 0 Å². The summed E-state index contributed by atoms with van der Waals surface area (Å²) in [6.45, 7) is 4.07. The molecule has 37 heavy (non-hydrogen) atoms. The van der Waals surface area contributed by atoms with Gasteiger partial charge in [0.05, 0.1) is 28.6 Å². The van der Waals surface area contributed by atoms with Gasteiger partial charge in [0.25, 0.3) is 0 Å². The number of aliphatic hydroxyl groups is 1. The lowest BCUT2D eigenvalue weighted by atomic mass is 10.0. The highest BCUT2D eigenvalue weighted by atomic mass is 32.1. The standard InChI is InChI=1S/C27H24FN7OS/c1-14(2)7-23(36)31-17-8-16(11-29-12-17)18-9-19-22(10-20(18)28)34-35-25(19)27-32-21-3-5-30-24(26(21)33-27)15-4-6-37-13-15/h3-6,8-14,23,31,36H,7H2,1-2H3,(H,32,33)(H,34,35). The molecular weight excluding hydrogens is 489 g/mol. The van der Waals surface area contributed by atoms with Crippen LogP contribution in [0.2, 0.25) is 0 Å². The van der Waals surface area contributed by atoms with E-state index in [0.29, 0.717) is 46.2 Å². The lowest BCUT2D eigenvalue weighted by molar-refractivity contribution is 0.176. The van der Waals surface area contributed by atoms with Crippen LogP contribution >= 0.6 is 11.3 Å². The number of halogens is 1. The molecule has 186 valence electrons. The second-order valence-corrected chi connectivity index (χ2v) is 10.1. The molecule has 5 heterocycles. The van der Waals surface area contributed by atoms with Gasteiger partial charge in [-0.3, -0.25) is 15.1 Å². The largest absolute Gasteiger partial charge is 0.374 e. The van der Waals surface area contributed by atoms with E-state index in [-0.39, 0.29) is 0 Å². The van der Waals surface area contributed by atoms with E-state index in [1.807, 2.05) is 36.7 Å². The van der Waals surface area contributed by atoms with Crippen molar-refractivity contribution < 1.29 is 9.50 Å². The zero-order valence-electron chi connectivity index (χ0n) is 20.2. The average molecular weight is 514 g/mol. The Morgan fingerprint density at radius 3 is 2.78 bits per heavy atom. The Balaban J connectivity index is 1.41. The Labute approximate surface area is 215 Å². The minimum Gasteiger partial charge on any atom is -0.374 e. The Bertz CT molecular complexity index is 1710. The highest BCUT2D eigenvalue weighted by molar-refractivity contribution is 7.08. The van der Waals surface area contributed by atoms with E-state index in [1.54, 1.807) is 42.1 Å². The lowest BCUT2D eigenvalue weighted by Crippen LogP contribution is -2.20. The van der Waals surface area contributed by atoms with Crippen LogP contribution in [0, 0.1) is 11.7 Å². The Hall–Kier alpha value is -4.15. The normalized spacial score (nSPS) is 12.6. The number of aliphatic hydroxyl groups excluding tert-OH is 1. The fourth-order valence-corrected chi connectivity index (χ4v) is 5.10. The van der Waals surface area contributed by atoms with Gasteiger partial charge in [-0.2, -0.15) is 16.4 Å². The number of hydrogen-bond acceptors (Lipinski definition) is 7. The first-order valence-corrected chi connectivity index (χ1v) is 12.9. The number of imidazole rings is 1. The summed E-state index contributed by atoms with van der Waals surface area (Å²) in [5, 5.41) is 25.4. The molecule has 0 radical (unpaired) electrons. The monoisotopic (exact) mass is 513 g/mol. The fraction of sp³-hybridized carbons (Fsp3) is 0.185. The van der Waals surface area contributed by atoms with Gasteiger partial charge < -0.3 is 15.4 Å². The molecule has 0 spiro atoms. The summed E-state index contributed by atoms with van der Waals surface area (Å²) in [5.74, 6) is 0.486. The van der Waals surface area contributed by atoms with Crippen LogP contribution in [0.1, 0.15) is 20.3 Å². The number of thiophene rings is 1. The highest BCUT2D eigenvalue weighted by Gasteiger charge is 2.18. The van der Waals surface area contributed by atoms with Crippen LogP contribution in [0.4, 0.5) is 10.1 Å². The van der Waals surface area contributed by atoms with Gasteiger partial charge in [0.2, 0.25) is 0 Å². The van der Waals surface area contributed by atoms with Crippen molar-refractivity contribution in [1.82, 2.24) is 30.1 Å². The molecule has 0 amide bonds. The van der Waals surface area contributed by atoms with Gasteiger partial charge in [0, 0.05) is 45.9 Å². The zero-order chi connectivity index (χ0) is 25.5. The van der Waals surface area contributed by atoms with Crippen molar-refractivity contribution >= 4 is 39.0 Å². The fourth-order valence-electron chi connectivity index (χ4n) is 4.46. The minimum absolute atomic E-state index is 0.327. The second-order valence-electron chi connectivity index (χ2n) is 9.35. The molecule has 6 rings (SSSR count). The maximum Gasteiger partial charge on any atom is 0.159 e. The third kappa shape index (κ3) is 4.45. The van der Waals surface area contributed by atoms with Gasteiger partial charge in [0.15, 0.2) is 5.82 Å². The molecule has 0 saturated carbocycles. The van der Waals surface area contributed by atoms with E-state index in [4.69, 9.17) is 4.98 Å². The number of nitrogens with zero attached hydrogens (tertiary/aromatic N) is 4. The molecular formula is C27H24FN7OS. The van der Waals surface area contributed by atoms with Crippen molar-refractivity contribution in [3.8, 4) is 33.9 Å². The van der Waals surface area contributed by atoms with Gasteiger partial charge in [0.1, 0.15) is 23.3 Å². The summed E-state index contributed by atoms with van der Waals surface area (Å²) in [6.07, 6.45) is 4.83. The molecule has 4 N–H and O–H groups in total. The van der Waals surface area contributed by atoms with Gasteiger partial charge in [-0.1, -0.05) is 13.8 Å². The van der Waals surface area contributed by atoms with Crippen LogP contribution in [0.5, 0.6) is 0 Å². The van der Waals surface area contributed by atoms with Crippen molar-refractivity contribution in [2.24, 2.45) is 5.92 Å². The summed E-state index contributed by atoms with van der Waals surface area (Å²) in [4.78, 5) is 16.9. The third-order valence-corrected chi connectivity index (χ3v) is 6.83. The number of benzene rings is 1. The summed E-state index contributed by atoms with van der Waals surface area (Å²) >= 11 is 1.60. The Kier molecular flexibility index (Phi) is 5.90. The lowest BCUT2D eigenvalue weighted by Gasteiger charge is -2.16. The van der Waals surface area contributed by atoms with Gasteiger partial charge in [-0.05, 0) is 42.0 Å². The third-order valence-electron chi connectivity index (χ3n) is 6.15. The first-order valence-electron chi connectivity index (χ1n) is 11.9. The van der Waals surface area contributed by atoms with Crippen molar-refractivity contribution in [2.45, 2.75) is 26.5 Å². The van der Waals surface area contributed by atoms with E-state index >= 15 is 4.39 Å². The molecule has 0 saturated heterocycles. The topological polar surface area (TPSA) is 115 Å². The molecule has 0 aliphatic rings. The number of aromatic nitrogens is 6. The predicted octanol–water partition coefficient (Wildman–Crippen LogP) is 6.21. The summed E-state index contributed by atoms with van der Waals surface area (Å²) in [6, 6.07) is 8.84. The molecule has 1 aromatic carbocycles. The number of rotatable bonds is 7. The van der Waals surface area contributed by atoms with E-state index < -0.39 is 12.0 Å². The van der Waals surface area contributed by atoms with Crippen LogP contribution in [-0.2, 0) is 0 Å². The summed E-state index contributed by atoms with van der Waals surface area (Å²) in [5.41, 5.74) is 6.10. The van der Waals surface area contributed by atoms with E-state index in [1.165, 1.54) is 6.07 Å². The molecule has 10 heteroatoms. The van der Waals surface area contributed by atoms with Crippen molar-refractivity contribution in [3.05, 3.63) is 65.5 Å². The number of pyridine rings is 2. The molecule has 8 nitrogen and oxygen atoms in total. The zero-order valence-corrected chi connectivity index (χ0v) is 21.0. The maximum absolute atomic E-state index is 15.2. The van der Waals surface area contributed by atoms with Gasteiger partial charge in [-0.25, -0.2) is 9.37 Å². The van der Waals surface area contributed by atoms with E-state index in [0.717, 1.165) is 27.7 Å². The summed E-state index contributed by atoms with van der Waals surface area (Å²) < 4.78 is 15.2. The SMILES string of the molecule is CC(C)CC(O)Nc1cncc(-c2cc3c(-c4nc5c(-c6ccsc6)nccc5[nH]4)n[nH]c3cc2F)c1. The number of hydrogen-bond donors (Lipinski definition) is 4. The smallest absolute Gasteiger partial charge is 0.159 e. The van der Waals surface area contributed by atoms with Crippen LogP contribution < -0.4 is 5.32 Å². The molecule has 0 fully saturated rings. The van der Waals surface area contributed by atoms with Crippen LogP contribution in [0.15, 0.2) is 59.7 Å². The minimum atomic E-state index is -0.716. The first-order chi connectivity index (χ1) is 18.0. The molecule has 0 aliphatic carbocycles. The van der Waals surface area contributed by atoms with Crippen molar-refractivity contribution in [3.63, 3.8) is 0 Å². The quantitative estimate of drug-likeness (QED) is 0.189. The number of anilines is 1.